The third-order valence-electron chi connectivity index (χ3n) is 5.50. The molecule has 0 fully saturated rings. The molecule has 0 unspecified atom stereocenters. The minimum atomic E-state index is -0.444. The highest BCUT2D eigenvalue weighted by molar-refractivity contribution is 6.03. The molecule has 0 aliphatic rings. The van der Waals surface area contributed by atoms with Crippen LogP contribution in [-0.4, -0.2) is 25.2 Å². The minimum absolute atomic E-state index is 0. The quantitative estimate of drug-likeness (QED) is 0.175. The first-order valence-electron chi connectivity index (χ1n) is 13.1. The summed E-state index contributed by atoms with van der Waals surface area (Å²) in [6.45, 7) is 5.17. The molecule has 6 nitrogen and oxygen atoms in total. The van der Waals surface area contributed by atoms with Crippen LogP contribution < -0.4 is 12.3 Å². The van der Waals surface area contributed by atoms with Crippen LogP contribution in [0.25, 0.3) is 0 Å². The van der Waals surface area contributed by atoms with E-state index in [0.717, 1.165) is 25.7 Å². The van der Waals surface area contributed by atoms with E-state index < -0.39 is 11.9 Å². The Kier molecular flexibility index (Phi) is 25.0. The van der Waals surface area contributed by atoms with Gasteiger partial charge in [0.25, 0.3) is 0 Å². The van der Waals surface area contributed by atoms with E-state index in [2.05, 4.69) is 13.8 Å². The number of carbonyl (C=O) groups excluding carboxylic acids is 2. The largest absolute Gasteiger partial charge is 0.462 e. The van der Waals surface area contributed by atoms with Gasteiger partial charge < -0.3 is 21.8 Å². The highest BCUT2D eigenvalue weighted by atomic mass is 16.5. The maximum absolute atomic E-state index is 12.4. The predicted octanol–water partition coefficient (Wildman–Crippen LogP) is 8.73. The van der Waals surface area contributed by atoms with Gasteiger partial charge in [0.1, 0.15) is 0 Å². The van der Waals surface area contributed by atoms with Crippen molar-refractivity contribution in [1.29, 1.82) is 0 Å². The van der Waals surface area contributed by atoms with E-state index in [1.54, 1.807) is 24.3 Å². The van der Waals surface area contributed by atoms with Crippen molar-refractivity contribution in [2.75, 3.05) is 13.2 Å². The first-order chi connectivity index (χ1) is 16.7. The van der Waals surface area contributed by atoms with Gasteiger partial charge in [-0.2, -0.15) is 0 Å². The third kappa shape index (κ3) is 17.7. The van der Waals surface area contributed by atoms with Gasteiger partial charge in [0.15, 0.2) is 0 Å². The molecule has 0 heterocycles. The summed E-state index contributed by atoms with van der Waals surface area (Å²) in [6.07, 6.45) is 13.6. The van der Waals surface area contributed by atoms with Crippen LogP contribution in [0.2, 0.25) is 0 Å². The molecule has 0 bridgehead atoms. The Morgan fingerprint density at radius 3 is 1.14 bits per heavy atom. The Labute approximate surface area is 219 Å². The summed E-state index contributed by atoms with van der Waals surface area (Å²) in [6, 6.07) is 18.7. The summed E-state index contributed by atoms with van der Waals surface area (Å²) in [5, 5.41) is 0. The van der Waals surface area contributed by atoms with Crippen molar-refractivity contribution < 1.29 is 19.1 Å². The summed E-state index contributed by atoms with van der Waals surface area (Å²) in [5.74, 6) is -0.888. The molecule has 2 aromatic rings. The van der Waals surface area contributed by atoms with Crippen molar-refractivity contribution in [3.05, 3.63) is 71.8 Å². The molecule has 0 aliphatic carbocycles. The molecule has 0 atom stereocenters. The molecule has 0 radical (unpaired) electrons. The van der Waals surface area contributed by atoms with Crippen LogP contribution in [0.5, 0.6) is 0 Å². The van der Waals surface area contributed by atoms with E-state index in [1.165, 1.54) is 51.4 Å². The van der Waals surface area contributed by atoms with E-state index in [4.69, 9.17) is 9.47 Å². The number of ether oxygens (including phenoxy) is 2. The Hall–Kier alpha value is -2.70. The predicted molar refractivity (Wildman–Crippen MR) is 150 cm³/mol. The van der Waals surface area contributed by atoms with Crippen LogP contribution in [0.3, 0.4) is 0 Å². The van der Waals surface area contributed by atoms with Gasteiger partial charge in [-0.3, -0.25) is 0 Å². The SMILES string of the molecule is CCCCCCCCOC(=O)c1ccccc1C(=O)OCCCCCCCC.N.N.c1ccccc1. The van der Waals surface area contributed by atoms with E-state index in [9.17, 15) is 9.59 Å². The second kappa shape index (κ2) is 25.4. The lowest BCUT2D eigenvalue weighted by Gasteiger charge is -2.10. The standard InChI is InChI=1S/C24H38O4.C6H6.2H3N/c1-3-5-7-9-11-15-19-27-23(25)21-17-13-14-18-22(21)24(26)28-20-16-12-10-8-6-4-2;1-2-4-6-5-3-1;;/h13-14,17-18H,3-12,15-16,19-20H2,1-2H3;1-6H;2*1H3. The fraction of sp³-hybridized carbons (Fsp3) is 0.533. The van der Waals surface area contributed by atoms with Crippen LogP contribution in [0.15, 0.2) is 60.7 Å². The molecule has 2 aromatic carbocycles. The molecule has 6 N–H and O–H groups in total. The molecular formula is C30H50N2O4. The number of hydrogen-bond donors (Lipinski definition) is 2. The molecule has 36 heavy (non-hydrogen) atoms. The van der Waals surface area contributed by atoms with E-state index in [1.807, 2.05) is 36.4 Å². The fourth-order valence-electron chi connectivity index (χ4n) is 3.47. The average molecular weight is 503 g/mol. The number of carbonyl (C=O) groups is 2. The highest BCUT2D eigenvalue weighted by Gasteiger charge is 2.18. The molecule has 0 spiro atoms. The number of benzene rings is 2. The average Bonchev–Trinajstić information content (AvgIpc) is 2.88. The van der Waals surface area contributed by atoms with Gasteiger partial charge in [0.2, 0.25) is 0 Å². The maximum Gasteiger partial charge on any atom is 0.339 e. The van der Waals surface area contributed by atoms with Gasteiger partial charge in [0, 0.05) is 0 Å². The Bertz CT molecular complexity index is 693. The van der Waals surface area contributed by atoms with Gasteiger partial charge in [-0.15, -0.1) is 0 Å². The Morgan fingerprint density at radius 2 is 0.806 bits per heavy atom. The summed E-state index contributed by atoms with van der Waals surface area (Å²) in [7, 11) is 0. The molecule has 0 aliphatic heterocycles. The van der Waals surface area contributed by atoms with Crippen molar-refractivity contribution in [3.8, 4) is 0 Å². The van der Waals surface area contributed by atoms with Crippen LogP contribution in [0.1, 0.15) is 112 Å². The highest BCUT2D eigenvalue weighted by Crippen LogP contribution is 2.14. The number of rotatable bonds is 16. The number of esters is 2. The Balaban J connectivity index is 0. The van der Waals surface area contributed by atoms with Gasteiger partial charge in [-0.05, 0) is 25.0 Å². The number of hydrogen-bond acceptors (Lipinski definition) is 6. The molecular weight excluding hydrogens is 452 g/mol. The second-order valence-corrected chi connectivity index (χ2v) is 8.51. The first kappa shape index (κ1) is 35.5. The summed E-state index contributed by atoms with van der Waals surface area (Å²) in [5.41, 5.74) is 0.586. The van der Waals surface area contributed by atoms with Gasteiger partial charge >= 0.3 is 11.9 Å². The molecule has 6 heteroatoms. The summed E-state index contributed by atoms with van der Waals surface area (Å²) < 4.78 is 10.7. The Morgan fingerprint density at radius 1 is 0.500 bits per heavy atom. The topological polar surface area (TPSA) is 123 Å². The van der Waals surface area contributed by atoms with Crippen LogP contribution in [-0.2, 0) is 9.47 Å². The van der Waals surface area contributed by atoms with Crippen molar-refractivity contribution >= 4 is 11.9 Å². The van der Waals surface area contributed by atoms with E-state index >= 15 is 0 Å². The minimum Gasteiger partial charge on any atom is -0.462 e. The lowest BCUT2D eigenvalue weighted by atomic mass is 10.1. The van der Waals surface area contributed by atoms with E-state index in [0.29, 0.717) is 24.3 Å². The van der Waals surface area contributed by atoms with Crippen molar-refractivity contribution in [2.24, 2.45) is 0 Å². The first-order valence-corrected chi connectivity index (χ1v) is 13.1. The molecule has 0 saturated heterocycles. The monoisotopic (exact) mass is 502 g/mol. The van der Waals surface area contributed by atoms with Crippen LogP contribution >= 0.6 is 0 Å². The van der Waals surface area contributed by atoms with E-state index in [-0.39, 0.29) is 12.3 Å². The molecule has 0 amide bonds. The van der Waals surface area contributed by atoms with Gasteiger partial charge in [-0.25, -0.2) is 9.59 Å². The van der Waals surface area contributed by atoms with Crippen molar-refractivity contribution in [2.45, 2.75) is 90.9 Å². The maximum atomic E-state index is 12.4. The van der Waals surface area contributed by atoms with Crippen molar-refractivity contribution in [1.82, 2.24) is 12.3 Å². The van der Waals surface area contributed by atoms with Crippen molar-refractivity contribution in [3.63, 3.8) is 0 Å². The summed E-state index contributed by atoms with van der Waals surface area (Å²) in [4.78, 5) is 24.7. The summed E-state index contributed by atoms with van der Waals surface area (Å²) >= 11 is 0. The van der Waals surface area contributed by atoms with Gasteiger partial charge in [-0.1, -0.05) is 127 Å². The zero-order valence-corrected chi connectivity index (χ0v) is 22.7. The van der Waals surface area contributed by atoms with Crippen LogP contribution in [0.4, 0.5) is 0 Å². The lowest BCUT2D eigenvalue weighted by molar-refractivity contribution is 0.0450. The molecule has 0 aromatic heterocycles. The normalized spacial score (nSPS) is 9.61. The number of unbranched alkanes of at least 4 members (excludes halogenated alkanes) is 10. The molecule has 2 rings (SSSR count). The zero-order chi connectivity index (χ0) is 24.7. The lowest BCUT2D eigenvalue weighted by Crippen LogP contribution is -2.15. The van der Waals surface area contributed by atoms with Gasteiger partial charge in [0.05, 0.1) is 24.3 Å². The molecule has 204 valence electrons. The molecule has 0 saturated carbocycles. The van der Waals surface area contributed by atoms with Crippen LogP contribution in [0, 0.1) is 0 Å². The zero-order valence-electron chi connectivity index (χ0n) is 22.7. The second-order valence-electron chi connectivity index (χ2n) is 8.51. The fourth-order valence-corrected chi connectivity index (χ4v) is 3.47. The third-order valence-corrected chi connectivity index (χ3v) is 5.50. The smallest absolute Gasteiger partial charge is 0.339 e.